The van der Waals surface area contributed by atoms with Gasteiger partial charge in [0.15, 0.2) is 0 Å². The molecule has 0 spiro atoms. The van der Waals surface area contributed by atoms with E-state index in [1.807, 2.05) is 43.3 Å². The molecule has 0 saturated heterocycles. The number of rotatable bonds is 6. The first kappa shape index (κ1) is 19.7. The highest BCUT2D eigenvalue weighted by molar-refractivity contribution is 7.89. The van der Waals surface area contributed by atoms with E-state index in [0.29, 0.717) is 12.2 Å². The van der Waals surface area contributed by atoms with Crippen LogP contribution in [0.1, 0.15) is 5.56 Å². The van der Waals surface area contributed by atoms with Crippen LogP contribution in [0.3, 0.4) is 0 Å². The van der Waals surface area contributed by atoms with Crippen LogP contribution in [0.5, 0.6) is 0 Å². The maximum Gasteiger partial charge on any atom is 0.319 e. The van der Waals surface area contributed by atoms with Crippen molar-refractivity contribution in [3.63, 3.8) is 0 Å². The fraction of sp³-hybridized carbons (Fsp3) is 0.278. The van der Waals surface area contributed by atoms with E-state index in [9.17, 15) is 13.2 Å². The zero-order valence-corrected chi connectivity index (χ0v) is 16.2. The van der Waals surface area contributed by atoms with Gasteiger partial charge in [-0.05, 0) is 42.0 Å². The van der Waals surface area contributed by atoms with Crippen molar-refractivity contribution in [1.29, 1.82) is 0 Å². The predicted octanol–water partition coefficient (Wildman–Crippen LogP) is 2.32. The molecule has 0 atom stereocenters. The molecule has 0 aliphatic rings. The maximum absolute atomic E-state index is 12.0. The number of carbonyl (C=O) groups excluding carboxylic acids is 1. The summed E-state index contributed by atoms with van der Waals surface area (Å²) >= 11 is 0. The number of hydrogen-bond donors (Lipinski definition) is 2. The van der Waals surface area contributed by atoms with Gasteiger partial charge in [-0.25, -0.2) is 17.5 Å². The zero-order valence-electron chi connectivity index (χ0n) is 15.4. The minimum atomic E-state index is -3.45. The van der Waals surface area contributed by atoms with E-state index >= 15 is 0 Å². The molecule has 2 aromatic rings. The van der Waals surface area contributed by atoms with Crippen LogP contribution < -0.4 is 15.5 Å². The second-order valence-electron chi connectivity index (χ2n) is 6.18. The van der Waals surface area contributed by atoms with Gasteiger partial charge in [0.25, 0.3) is 0 Å². The third kappa shape index (κ3) is 4.96. The number of nitrogens with zero attached hydrogens (tertiary/aromatic N) is 2. The van der Waals surface area contributed by atoms with Crippen molar-refractivity contribution in [2.24, 2.45) is 0 Å². The average molecular weight is 376 g/mol. The summed E-state index contributed by atoms with van der Waals surface area (Å²) in [6.07, 6.45) is 0. The molecule has 0 radical (unpaired) electrons. The molecule has 2 aromatic carbocycles. The quantitative estimate of drug-likeness (QED) is 0.811. The third-order valence-corrected chi connectivity index (χ3v) is 5.63. The molecule has 7 nitrogen and oxygen atoms in total. The van der Waals surface area contributed by atoms with Crippen molar-refractivity contribution in [2.75, 3.05) is 38.4 Å². The number of urea groups is 1. The summed E-state index contributed by atoms with van der Waals surface area (Å²) < 4.78 is 25.2. The van der Waals surface area contributed by atoms with Gasteiger partial charge in [0.2, 0.25) is 10.0 Å². The molecular weight excluding hydrogens is 352 g/mol. The largest absolute Gasteiger partial charge is 0.378 e. The number of benzene rings is 2. The molecular formula is C18H24N4O3S. The monoisotopic (exact) mass is 376 g/mol. The predicted molar refractivity (Wildman–Crippen MR) is 104 cm³/mol. The van der Waals surface area contributed by atoms with E-state index < -0.39 is 10.0 Å². The Morgan fingerprint density at radius 1 is 0.923 bits per heavy atom. The van der Waals surface area contributed by atoms with Gasteiger partial charge >= 0.3 is 6.03 Å². The average Bonchev–Trinajstić information content (AvgIpc) is 2.60. The van der Waals surface area contributed by atoms with Crippen LogP contribution in [0, 0.1) is 0 Å². The first-order valence-corrected chi connectivity index (χ1v) is 9.48. The summed E-state index contributed by atoms with van der Waals surface area (Å²) in [5.74, 6) is 0. The van der Waals surface area contributed by atoms with E-state index in [1.54, 1.807) is 12.1 Å². The number of carbonyl (C=O) groups is 1. The molecule has 0 saturated carbocycles. The fourth-order valence-corrected chi connectivity index (χ4v) is 3.09. The van der Waals surface area contributed by atoms with Crippen molar-refractivity contribution >= 4 is 27.4 Å². The number of sulfonamides is 1. The summed E-state index contributed by atoms with van der Waals surface area (Å²) in [5.41, 5.74) is 2.55. The van der Waals surface area contributed by atoms with E-state index in [-0.39, 0.29) is 10.9 Å². The number of nitrogens with one attached hydrogen (secondary N) is 2. The molecule has 0 fully saturated rings. The molecule has 0 aliphatic carbocycles. The van der Waals surface area contributed by atoms with Crippen molar-refractivity contribution < 1.29 is 13.2 Å². The molecule has 0 heterocycles. The Morgan fingerprint density at radius 3 is 2.00 bits per heavy atom. The Balaban J connectivity index is 1.91. The first-order valence-electron chi connectivity index (χ1n) is 8.04. The lowest BCUT2D eigenvalue weighted by molar-refractivity contribution is 0.251. The molecule has 0 aromatic heterocycles. The van der Waals surface area contributed by atoms with E-state index in [0.717, 1.165) is 15.6 Å². The van der Waals surface area contributed by atoms with Gasteiger partial charge < -0.3 is 15.5 Å². The first-order chi connectivity index (χ1) is 12.2. The molecule has 0 aliphatic heterocycles. The molecule has 8 heteroatoms. The molecule has 2 amide bonds. The van der Waals surface area contributed by atoms with Crippen LogP contribution in [-0.2, 0) is 16.6 Å². The molecule has 26 heavy (non-hydrogen) atoms. The molecule has 0 unspecified atom stereocenters. The second kappa shape index (κ2) is 8.20. The van der Waals surface area contributed by atoms with Crippen LogP contribution in [-0.4, -0.2) is 46.9 Å². The Morgan fingerprint density at radius 2 is 1.50 bits per heavy atom. The Hall–Kier alpha value is -2.58. The number of anilines is 2. The van der Waals surface area contributed by atoms with Gasteiger partial charge in [-0.2, -0.15) is 0 Å². The van der Waals surface area contributed by atoms with Gasteiger partial charge in [-0.15, -0.1) is 0 Å². The summed E-state index contributed by atoms with van der Waals surface area (Å²) in [6, 6.07) is 13.6. The maximum atomic E-state index is 12.0. The number of hydrogen-bond acceptors (Lipinski definition) is 4. The zero-order chi connectivity index (χ0) is 19.3. The standard InChI is InChI=1S/C18H24N4O3S/c1-21(2)16-9-7-15(8-10-16)20-18(23)19-13-14-5-11-17(12-6-14)26(24,25)22(3)4/h5-12H,13H2,1-4H3,(H2,19,20,23). The SMILES string of the molecule is CN(C)c1ccc(NC(=O)NCc2ccc(S(=O)(=O)N(C)C)cc2)cc1. The highest BCUT2D eigenvalue weighted by Crippen LogP contribution is 2.16. The fourth-order valence-electron chi connectivity index (χ4n) is 2.19. The van der Waals surface area contributed by atoms with Crippen molar-refractivity contribution in [3.05, 3.63) is 54.1 Å². The van der Waals surface area contributed by atoms with E-state index in [4.69, 9.17) is 0 Å². The third-order valence-electron chi connectivity index (χ3n) is 3.80. The van der Waals surface area contributed by atoms with Crippen molar-refractivity contribution in [3.8, 4) is 0 Å². The van der Waals surface area contributed by atoms with Gasteiger partial charge in [-0.3, -0.25) is 0 Å². The van der Waals surface area contributed by atoms with Gasteiger partial charge in [0.1, 0.15) is 0 Å². The topological polar surface area (TPSA) is 81.8 Å². The summed E-state index contributed by atoms with van der Waals surface area (Å²) in [6.45, 7) is 0.296. The smallest absolute Gasteiger partial charge is 0.319 e. The molecule has 0 bridgehead atoms. The lowest BCUT2D eigenvalue weighted by Gasteiger charge is -2.13. The lowest BCUT2D eigenvalue weighted by Crippen LogP contribution is -2.28. The minimum Gasteiger partial charge on any atom is -0.378 e. The van der Waals surface area contributed by atoms with E-state index in [1.165, 1.54) is 26.2 Å². The summed E-state index contributed by atoms with van der Waals surface area (Å²) in [5, 5.41) is 5.50. The van der Waals surface area contributed by atoms with Crippen LogP contribution in [0.15, 0.2) is 53.4 Å². The molecule has 2 N–H and O–H groups in total. The lowest BCUT2D eigenvalue weighted by atomic mass is 10.2. The van der Waals surface area contributed by atoms with Crippen molar-refractivity contribution in [2.45, 2.75) is 11.4 Å². The Bertz CT molecular complexity index is 845. The van der Waals surface area contributed by atoms with Gasteiger partial charge in [-0.1, -0.05) is 12.1 Å². The molecule has 140 valence electrons. The second-order valence-corrected chi connectivity index (χ2v) is 8.33. The minimum absolute atomic E-state index is 0.219. The van der Waals surface area contributed by atoms with E-state index in [2.05, 4.69) is 10.6 Å². The van der Waals surface area contributed by atoms with Crippen LogP contribution in [0.25, 0.3) is 0 Å². The van der Waals surface area contributed by atoms with Crippen LogP contribution in [0.4, 0.5) is 16.2 Å². The van der Waals surface area contributed by atoms with Crippen LogP contribution in [0.2, 0.25) is 0 Å². The summed E-state index contributed by atoms with van der Waals surface area (Å²) in [7, 11) is 3.42. The Labute approximate surface area is 154 Å². The highest BCUT2D eigenvalue weighted by Gasteiger charge is 2.16. The van der Waals surface area contributed by atoms with Gasteiger partial charge in [0, 0.05) is 46.1 Å². The highest BCUT2D eigenvalue weighted by atomic mass is 32.2. The normalized spacial score (nSPS) is 11.3. The molecule has 2 rings (SSSR count). The van der Waals surface area contributed by atoms with Gasteiger partial charge in [0.05, 0.1) is 4.90 Å². The van der Waals surface area contributed by atoms with Crippen molar-refractivity contribution in [1.82, 2.24) is 9.62 Å². The summed E-state index contributed by atoms with van der Waals surface area (Å²) in [4.78, 5) is 14.2. The Kier molecular flexibility index (Phi) is 6.23. The van der Waals surface area contributed by atoms with Crippen LogP contribution >= 0.6 is 0 Å². The number of amides is 2.